The molecule has 0 aliphatic carbocycles. The summed E-state index contributed by atoms with van der Waals surface area (Å²) in [6.07, 6.45) is 0. The van der Waals surface area contributed by atoms with Gasteiger partial charge in [-0.05, 0) is 24.6 Å². The Labute approximate surface area is 124 Å². The molecule has 0 fully saturated rings. The third-order valence-electron chi connectivity index (χ3n) is 3.14. The molecule has 2 aromatic carbocycles. The molecule has 21 heavy (non-hydrogen) atoms. The van der Waals surface area contributed by atoms with Crippen LogP contribution in [0.15, 0.2) is 42.5 Å². The first-order valence-corrected chi connectivity index (χ1v) is 6.92. The summed E-state index contributed by atoms with van der Waals surface area (Å²) in [4.78, 5) is 0. The lowest BCUT2D eigenvalue weighted by Crippen LogP contribution is -2.18. The molecule has 0 atom stereocenters. The number of ether oxygens (including phenoxy) is 2. The maximum Gasteiger partial charge on any atom is 0.131 e. The van der Waals surface area contributed by atoms with Crippen LogP contribution in [0.3, 0.4) is 0 Å². The molecule has 0 unspecified atom stereocenters. The number of hydrogen-bond acceptors (Lipinski definition) is 3. The van der Waals surface area contributed by atoms with Crippen LogP contribution in [0.5, 0.6) is 11.5 Å². The summed E-state index contributed by atoms with van der Waals surface area (Å²) in [5.41, 5.74) is 1.63. The van der Waals surface area contributed by atoms with Gasteiger partial charge in [0.25, 0.3) is 0 Å². The van der Waals surface area contributed by atoms with Gasteiger partial charge in [0.1, 0.15) is 17.3 Å². The Hall–Kier alpha value is -1.91. The normalized spacial score (nSPS) is 10.6. The second-order valence-corrected chi connectivity index (χ2v) is 4.79. The minimum absolute atomic E-state index is 0.261. The predicted octanol–water partition coefficient (Wildman–Crippen LogP) is 3.66. The highest BCUT2D eigenvalue weighted by Gasteiger charge is 2.06. The predicted molar refractivity (Wildman–Crippen MR) is 81.2 cm³/mol. The highest BCUT2D eigenvalue weighted by atomic mass is 19.1. The molecule has 0 saturated heterocycles. The molecule has 0 aromatic heterocycles. The molecule has 0 amide bonds. The van der Waals surface area contributed by atoms with Crippen molar-refractivity contribution in [3.63, 3.8) is 0 Å². The standard InChI is InChI=1S/C17H20FNO2/c1-13-7-8-15(11-16(13)18)21-17-6-4-3-5-14(17)12-19-9-10-20-2/h3-8,11,19H,9-10,12H2,1-2H3. The van der Waals surface area contributed by atoms with Crippen molar-refractivity contribution in [1.29, 1.82) is 0 Å². The van der Waals surface area contributed by atoms with Gasteiger partial charge in [0.15, 0.2) is 0 Å². The Balaban J connectivity index is 2.06. The topological polar surface area (TPSA) is 30.5 Å². The van der Waals surface area contributed by atoms with E-state index in [0.717, 1.165) is 17.9 Å². The van der Waals surface area contributed by atoms with Crippen LogP contribution >= 0.6 is 0 Å². The fraction of sp³-hybridized carbons (Fsp3) is 0.294. The first-order valence-electron chi connectivity index (χ1n) is 6.92. The Bertz CT molecular complexity index is 587. The van der Waals surface area contributed by atoms with Crippen LogP contribution in [0.2, 0.25) is 0 Å². The van der Waals surface area contributed by atoms with Crippen LogP contribution < -0.4 is 10.1 Å². The van der Waals surface area contributed by atoms with Gasteiger partial charge in [-0.25, -0.2) is 4.39 Å². The quantitative estimate of drug-likeness (QED) is 0.789. The minimum Gasteiger partial charge on any atom is -0.457 e. The maximum absolute atomic E-state index is 13.6. The van der Waals surface area contributed by atoms with Crippen molar-refractivity contribution in [2.45, 2.75) is 13.5 Å². The fourth-order valence-electron chi connectivity index (χ4n) is 1.91. The Morgan fingerprint density at radius 1 is 1.14 bits per heavy atom. The first-order chi connectivity index (χ1) is 10.2. The molecule has 2 rings (SSSR count). The molecule has 3 nitrogen and oxygen atoms in total. The van der Waals surface area contributed by atoms with E-state index in [9.17, 15) is 4.39 Å². The molecule has 0 saturated carbocycles. The smallest absolute Gasteiger partial charge is 0.131 e. The van der Waals surface area contributed by atoms with E-state index < -0.39 is 0 Å². The summed E-state index contributed by atoms with van der Waals surface area (Å²) in [6, 6.07) is 12.6. The SMILES string of the molecule is COCCNCc1ccccc1Oc1ccc(C)c(F)c1. The van der Waals surface area contributed by atoms with Gasteiger partial charge in [-0.2, -0.15) is 0 Å². The molecular formula is C17H20FNO2. The summed E-state index contributed by atoms with van der Waals surface area (Å²) in [6.45, 7) is 3.83. The third kappa shape index (κ3) is 4.55. The number of para-hydroxylation sites is 1. The second-order valence-electron chi connectivity index (χ2n) is 4.79. The highest BCUT2D eigenvalue weighted by molar-refractivity contribution is 5.38. The maximum atomic E-state index is 13.6. The van der Waals surface area contributed by atoms with Crippen molar-refractivity contribution in [2.24, 2.45) is 0 Å². The lowest BCUT2D eigenvalue weighted by atomic mass is 10.2. The number of halogens is 1. The number of benzene rings is 2. The average molecular weight is 289 g/mol. The molecule has 0 aliphatic rings. The van der Waals surface area contributed by atoms with Gasteiger partial charge < -0.3 is 14.8 Å². The average Bonchev–Trinajstić information content (AvgIpc) is 2.49. The summed E-state index contributed by atoms with van der Waals surface area (Å²) in [7, 11) is 1.67. The molecule has 0 bridgehead atoms. The van der Waals surface area contributed by atoms with E-state index in [0.29, 0.717) is 24.5 Å². The van der Waals surface area contributed by atoms with E-state index >= 15 is 0 Å². The summed E-state index contributed by atoms with van der Waals surface area (Å²) in [5, 5.41) is 3.27. The van der Waals surface area contributed by atoms with E-state index in [-0.39, 0.29) is 5.82 Å². The lowest BCUT2D eigenvalue weighted by molar-refractivity contribution is 0.199. The number of hydrogen-bond donors (Lipinski definition) is 1. The monoisotopic (exact) mass is 289 g/mol. The van der Waals surface area contributed by atoms with Crippen molar-refractivity contribution in [3.05, 3.63) is 59.4 Å². The fourth-order valence-corrected chi connectivity index (χ4v) is 1.91. The summed E-state index contributed by atoms with van der Waals surface area (Å²) in [5.74, 6) is 0.969. The second kappa shape index (κ2) is 7.76. The van der Waals surface area contributed by atoms with Gasteiger partial charge in [0.2, 0.25) is 0 Å². The van der Waals surface area contributed by atoms with Crippen molar-refractivity contribution in [1.82, 2.24) is 5.32 Å². The third-order valence-corrected chi connectivity index (χ3v) is 3.14. The summed E-state index contributed by atoms with van der Waals surface area (Å²) < 4.78 is 24.3. The molecule has 0 heterocycles. The van der Waals surface area contributed by atoms with Crippen molar-refractivity contribution in [3.8, 4) is 11.5 Å². The minimum atomic E-state index is -0.261. The van der Waals surface area contributed by atoms with Crippen LogP contribution in [-0.4, -0.2) is 20.3 Å². The molecular weight excluding hydrogens is 269 g/mol. The van der Waals surface area contributed by atoms with Crippen LogP contribution in [0.4, 0.5) is 4.39 Å². The summed E-state index contributed by atoms with van der Waals surface area (Å²) >= 11 is 0. The molecule has 1 N–H and O–H groups in total. The van der Waals surface area contributed by atoms with Crippen molar-refractivity contribution >= 4 is 0 Å². The van der Waals surface area contributed by atoms with E-state index in [1.807, 2.05) is 24.3 Å². The number of aryl methyl sites for hydroxylation is 1. The molecule has 4 heteroatoms. The zero-order valence-corrected chi connectivity index (χ0v) is 12.4. The van der Waals surface area contributed by atoms with E-state index in [2.05, 4.69) is 5.32 Å². The first kappa shape index (κ1) is 15.5. The largest absolute Gasteiger partial charge is 0.457 e. The Morgan fingerprint density at radius 3 is 2.71 bits per heavy atom. The number of nitrogens with one attached hydrogen (secondary N) is 1. The van der Waals surface area contributed by atoms with Gasteiger partial charge in [0.05, 0.1) is 6.61 Å². The van der Waals surface area contributed by atoms with Crippen LogP contribution in [0.25, 0.3) is 0 Å². The van der Waals surface area contributed by atoms with Crippen LogP contribution in [0.1, 0.15) is 11.1 Å². The number of methoxy groups -OCH3 is 1. The van der Waals surface area contributed by atoms with E-state index in [1.54, 1.807) is 26.2 Å². The van der Waals surface area contributed by atoms with Gasteiger partial charge in [-0.1, -0.05) is 24.3 Å². The van der Waals surface area contributed by atoms with Crippen molar-refractivity contribution in [2.75, 3.05) is 20.3 Å². The van der Waals surface area contributed by atoms with Crippen LogP contribution in [0, 0.1) is 12.7 Å². The lowest BCUT2D eigenvalue weighted by Gasteiger charge is -2.12. The highest BCUT2D eigenvalue weighted by Crippen LogP contribution is 2.26. The van der Waals surface area contributed by atoms with Crippen molar-refractivity contribution < 1.29 is 13.9 Å². The van der Waals surface area contributed by atoms with Gasteiger partial charge >= 0.3 is 0 Å². The zero-order valence-electron chi connectivity index (χ0n) is 12.4. The van der Waals surface area contributed by atoms with Crippen LogP contribution in [-0.2, 0) is 11.3 Å². The van der Waals surface area contributed by atoms with E-state index in [1.165, 1.54) is 6.07 Å². The zero-order chi connectivity index (χ0) is 15.1. The Morgan fingerprint density at radius 2 is 1.95 bits per heavy atom. The van der Waals surface area contributed by atoms with Gasteiger partial charge in [-0.3, -0.25) is 0 Å². The molecule has 0 spiro atoms. The molecule has 0 aliphatic heterocycles. The molecule has 2 aromatic rings. The molecule has 112 valence electrons. The van der Waals surface area contributed by atoms with E-state index in [4.69, 9.17) is 9.47 Å². The Kier molecular flexibility index (Phi) is 5.72. The van der Waals surface area contributed by atoms with Gasteiger partial charge in [0, 0.05) is 31.8 Å². The molecule has 0 radical (unpaired) electrons. The van der Waals surface area contributed by atoms with Gasteiger partial charge in [-0.15, -0.1) is 0 Å². The number of rotatable bonds is 7.